The van der Waals surface area contributed by atoms with E-state index in [0.717, 1.165) is 16.1 Å². The van der Waals surface area contributed by atoms with Gasteiger partial charge in [-0.05, 0) is 37.6 Å². The Morgan fingerprint density at radius 2 is 1.88 bits per heavy atom. The number of hydrogen-bond acceptors (Lipinski definition) is 4. The first-order valence-electron chi connectivity index (χ1n) is 7.94. The van der Waals surface area contributed by atoms with Gasteiger partial charge in [-0.3, -0.25) is 9.59 Å². The van der Waals surface area contributed by atoms with Crippen LogP contribution in [0, 0.1) is 6.92 Å². The third-order valence-corrected chi connectivity index (χ3v) is 4.09. The van der Waals surface area contributed by atoms with Gasteiger partial charge in [-0.15, -0.1) is 0 Å². The Morgan fingerprint density at radius 1 is 1.20 bits per heavy atom. The lowest BCUT2D eigenvalue weighted by atomic mass is 10.1. The van der Waals surface area contributed by atoms with E-state index in [1.165, 1.54) is 6.92 Å². The minimum atomic E-state index is -0.585. The van der Waals surface area contributed by atoms with Gasteiger partial charge in [-0.1, -0.05) is 6.92 Å². The van der Waals surface area contributed by atoms with Crippen molar-refractivity contribution in [2.45, 2.75) is 27.2 Å². The highest BCUT2D eigenvalue weighted by atomic mass is 16.2. The van der Waals surface area contributed by atoms with Crippen molar-refractivity contribution in [2.24, 2.45) is 0 Å². The molecule has 1 aromatic carbocycles. The van der Waals surface area contributed by atoms with E-state index in [0.29, 0.717) is 17.7 Å². The summed E-state index contributed by atoms with van der Waals surface area (Å²) in [6.45, 7) is 4.96. The molecule has 0 radical (unpaired) electrons. The Bertz CT molecular complexity index is 1010. The molecule has 0 aliphatic carbocycles. The standard InChI is InChI=1S/C18H18N4O3/c1-4-15-16(22(12(3)23)18(25)20-15)17(24)13-5-7-14(8-6-13)21-10-9-19-11(21)2/h5-10H,4H2,1-3H3,(H,20,25). The van der Waals surface area contributed by atoms with Crippen molar-refractivity contribution in [3.63, 3.8) is 0 Å². The third-order valence-electron chi connectivity index (χ3n) is 4.09. The average Bonchev–Trinajstić information content (AvgIpc) is 3.17. The van der Waals surface area contributed by atoms with Crippen LogP contribution in [0.5, 0.6) is 0 Å². The first-order valence-corrected chi connectivity index (χ1v) is 7.94. The van der Waals surface area contributed by atoms with Crippen LogP contribution in [0.4, 0.5) is 0 Å². The number of carbonyl (C=O) groups excluding carboxylic acids is 2. The van der Waals surface area contributed by atoms with Crippen LogP contribution in [0.15, 0.2) is 41.5 Å². The molecule has 2 aromatic heterocycles. The SMILES string of the molecule is CCc1[nH]c(=O)n(C(C)=O)c1C(=O)c1ccc(-n2ccnc2C)cc1. The summed E-state index contributed by atoms with van der Waals surface area (Å²) >= 11 is 0. The first-order chi connectivity index (χ1) is 11.9. The van der Waals surface area contributed by atoms with E-state index in [4.69, 9.17) is 0 Å². The Kier molecular flexibility index (Phi) is 4.22. The molecule has 0 aliphatic rings. The number of nitrogens with one attached hydrogen (secondary N) is 1. The second kappa shape index (κ2) is 6.35. The molecule has 2 heterocycles. The molecule has 7 heteroatoms. The van der Waals surface area contributed by atoms with Crippen LogP contribution in [-0.2, 0) is 6.42 Å². The lowest BCUT2D eigenvalue weighted by molar-refractivity contribution is 0.0909. The highest BCUT2D eigenvalue weighted by Crippen LogP contribution is 2.16. The number of imidazole rings is 2. The van der Waals surface area contributed by atoms with Gasteiger partial charge in [0.1, 0.15) is 11.5 Å². The molecule has 0 spiro atoms. The summed E-state index contributed by atoms with van der Waals surface area (Å²) in [6, 6.07) is 6.96. The summed E-state index contributed by atoms with van der Waals surface area (Å²) in [5.74, 6) is -0.0161. The number of aromatic nitrogens is 4. The fourth-order valence-corrected chi connectivity index (χ4v) is 2.84. The number of ketones is 1. The van der Waals surface area contributed by atoms with E-state index in [-0.39, 0.29) is 11.5 Å². The van der Waals surface area contributed by atoms with E-state index in [2.05, 4.69) is 9.97 Å². The van der Waals surface area contributed by atoms with E-state index in [1.807, 2.05) is 24.6 Å². The van der Waals surface area contributed by atoms with Crippen LogP contribution in [0.1, 0.15) is 46.2 Å². The minimum absolute atomic E-state index is 0.103. The number of aryl methyl sites for hydroxylation is 2. The van der Waals surface area contributed by atoms with Crippen molar-refractivity contribution >= 4 is 11.7 Å². The molecular formula is C18H18N4O3. The fourth-order valence-electron chi connectivity index (χ4n) is 2.84. The van der Waals surface area contributed by atoms with Gasteiger partial charge >= 0.3 is 5.69 Å². The van der Waals surface area contributed by atoms with E-state index in [9.17, 15) is 14.4 Å². The lowest BCUT2D eigenvalue weighted by Gasteiger charge is -2.08. The van der Waals surface area contributed by atoms with E-state index < -0.39 is 11.6 Å². The molecule has 0 saturated carbocycles. The highest BCUT2D eigenvalue weighted by molar-refractivity contribution is 6.10. The Hall–Kier alpha value is -3.22. The Balaban J connectivity index is 2.04. The summed E-state index contributed by atoms with van der Waals surface area (Å²) < 4.78 is 2.79. The average molecular weight is 338 g/mol. The number of benzene rings is 1. The molecule has 1 N–H and O–H groups in total. The molecule has 0 saturated heterocycles. The van der Waals surface area contributed by atoms with Crippen molar-refractivity contribution in [1.29, 1.82) is 0 Å². The zero-order valence-electron chi connectivity index (χ0n) is 14.2. The third kappa shape index (κ3) is 2.84. The molecule has 3 aromatic rings. The number of H-pyrrole nitrogens is 1. The van der Waals surface area contributed by atoms with E-state index in [1.54, 1.807) is 30.5 Å². The summed E-state index contributed by atoms with van der Waals surface area (Å²) in [6.07, 6.45) is 3.98. The van der Waals surface area contributed by atoms with Gasteiger partial charge in [0.2, 0.25) is 11.7 Å². The predicted octanol–water partition coefficient (Wildman–Crippen LogP) is 2.12. The van der Waals surface area contributed by atoms with Crippen LogP contribution < -0.4 is 5.69 Å². The van der Waals surface area contributed by atoms with Crippen molar-refractivity contribution in [2.75, 3.05) is 0 Å². The smallest absolute Gasteiger partial charge is 0.309 e. The Labute approximate surface area is 143 Å². The summed E-state index contributed by atoms with van der Waals surface area (Å²) in [7, 11) is 0. The normalized spacial score (nSPS) is 10.8. The zero-order valence-corrected chi connectivity index (χ0v) is 14.2. The molecule has 0 amide bonds. The van der Waals surface area contributed by atoms with Gasteiger partial charge in [0.05, 0.1) is 0 Å². The molecule has 25 heavy (non-hydrogen) atoms. The van der Waals surface area contributed by atoms with Crippen molar-refractivity contribution < 1.29 is 9.59 Å². The lowest BCUT2D eigenvalue weighted by Crippen LogP contribution is -2.26. The first kappa shape index (κ1) is 16.6. The van der Waals surface area contributed by atoms with Crippen molar-refractivity contribution in [3.05, 3.63) is 69.9 Å². The van der Waals surface area contributed by atoms with Crippen molar-refractivity contribution in [3.8, 4) is 5.69 Å². The maximum atomic E-state index is 12.9. The van der Waals surface area contributed by atoms with Crippen molar-refractivity contribution in [1.82, 2.24) is 19.1 Å². The fraction of sp³-hybridized carbons (Fsp3) is 0.222. The van der Waals surface area contributed by atoms with Gasteiger partial charge in [-0.2, -0.15) is 0 Å². The molecule has 0 fully saturated rings. The number of nitrogens with zero attached hydrogens (tertiary/aromatic N) is 3. The van der Waals surface area contributed by atoms with Gasteiger partial charge in [-0.25, -0.2) is 14.3 Å². The summed E-state index contributed by atoms with van der Waals surface area (Å²) in [5, 5.41) is 0. The topological polar surface area (TPSA) is 89.8 Å². The molecule has 0 atom stereocenters. The number of rotatable bonds is 4. The van der Waals surface area contributed by atoms with Gasteiger partial charge in [0.25, 0.3) is 0 Å². The molecule has 7 nitrogen and oxygen atoms in total. The van der Waals surface area contributed by atoms with Crippen LogP contribution in [-0.4, -0.2) is 30.8 Å². The second-order valence-electron chi connectivity index (χ2n) is 5.69. The monoisotopic (exact) mass is 338 g/mol. The van der Waals surface area contributed by atoms with Crippen LogP contribution in [0.3, 0.4) is 0 Å². The number of carbonyl (C=O) groups is 2. The summed E-state index contributed by atoms with van der Waals surface area (Å²) in [5.41, 5.74) is 1.26. The number of aromatic amines is 1. The largest absolute Gasteiger partial charge is 0.333 e. The van der Waals surface area contributed by atoms with Crippen LogP contribution in [0.2, 0.25) is 0 Å². The maximum Gasteiger partial charge on any atom is 0.333 e. The van der Waals surface area contributed by atoms with Gasteiger partial charge in [0, 0.05) is 36.3 Å². The molecule has 0 unspecified atom stereocenters. The molecule has 0 bridgehead atoms. The second-order valence-corrected chi connectivity index (χ2v) is 5.69. The van der Waals surface area contributed by atoms with Gasteiger partial charge in [0.15, 0.2) is 0 Å². The quantitative estimate of drug-likeness (QED) is 0.738. The maximum absolute atomic E-state index is 12.9. The molecule has 0 aliphatic heterocycles. The minimum Gasteiger partial charge on any atom is -0.309 e. The zero-order chi connectivity index (χ0) is 18.1. The molecule has 3 rings (SSSR count). The van der Waals surface area contributed by atoms with Crippen LogP contribution in [0.25, 0.3) is 5.69 Å². The van der Waals surface area contributed by atoms with E-state index >= 15 is 0 Å². The number of hydrogen-bond donors (Lipinski definition) is 1. The van der Waals surface area contributed by atoms with Gasteiger partial charge < -0.3 is 9.55 Å². The highest BCUT2D eigenvalue weighted by Gasteiger charge is 2.23. The van der Waals surface area contributed by atoms with Crippen LogP contribution >= 0.6 is 0 Å². The summed E-state index contributed by atoms with van der Waals surface area (Å²) in [4.78, 5) is 43.4. The predicted molar refractivity (Wildman–Crippen MR) is 92.5 cm³/mol. The molecule has 128 valence electrons. The Morgan fingerprint density at radius 3 is 2.40 bits per heavy atom. The molecular weight excluding hydrogens is 320 g/mol.